The number of halogens is 2. The maximum absolute atomic E-state index is 13.7. The van der Waals surface area contributed by atoms with Crippen molar-refractivity contribution in [1.82, 2.24) is 0 Å². The van der Waals surface area contributed by atoms with Crippen LogP contribution in [0.25, 0.3) is 0 Å². The fourth-order valence-corrected chi connectivity index (χ4v) is 2.17. The Labute approximate surface area is 91.6 Å². The summed E-state index contributed by atoms with van der Waals surface area (Å²) in [5.41, 5.74) is 8.12. The fraction of sp³-hybridized carbons (Fsp3) is 0.455. The number of hydrogen-bond donors (Lipinski definition) is 1. The van der Waals surface area contributed by atoms with Crippen molar-refractivity contribution in [3.05, 3.63) is 33.0 Å². The van der Waals surface area contributed by atoms with E-state index in [0.717, 1.165) is 22.9 Å². The van der Waals surface area contributed by atoms with Crippen molar-refractivity contribution in [3.8, 4) is 0 Å². The minimum absolute atomic E-state index is 0.133. The number of hydrogen-bond acceptors (Lipinski definition) is 1. The van der Waals surface area contributed by atoms with E-state index >= 15 is 0 Å². The largest absolute Gasteiger partial charge is 0.321 e. The van der Waals surface area contributed by atoms with Gasteiger partial charge in [-0.25, -0.2) is 4.39 Å². The van der Waals surface area contributed by atoms with Gasteiger partial charge in [0.25, 0.3) is 0 Å². The molecule has 0 radical (unpaired) electrons. The number of nitrogens with two attached hydrogens (primary N) is 1. The first-order valence-corrected chi connectivity index (χ1v) is 5.49. The van der Waals surface area contributed by atoms with Crippen LogP contribution in [-0.2, 0) is 5.54 Å². The molecule has 14 heavy (non-hydrogen) atoms. The minimum atomic E-state index is -0.263. The summed E-state index contributed by atoms with van der Waals surface area (Å²) in [7, 11) is 0. The zero-order valence-electron chi connectivity index (χ0n) is 8.32. The smallest absolute Gasteiger partial charge is 0.130 e. The highest BCUT2D eigenvalue weighted by Crippen LogP contribution is 2.45. The van der Waals surface area contributed by atoms with E-state index in [-0.39, 0.29) is 11.4 Å². The molecule has 0 amide bonds. The summed E-state index contributed by atoms with van der Waals surface area (Å²) in [6.07, 6.45) is 1.92. The van der Waals surface area contributed by atoms with Crippen LogP contribution in [0.2, 0.25) is 0 Å². The predicted molar refractivity (Wildman–Crippen MR) is 58.7 cm³/mol. The molecular formula is C11H13BrFN. The Bertz CT molecular complexity index is 397. The van der Waals surface area contributed by atoms with Crippen LogP contribution < -0.4 is 5.73 Å². The van der Waals surface area contributed by atoms with Gasteiger partial charge in [0, 0.05) is 10.0 Å². The van der Waals surface area contributed by atoms with Crippen LogP contribution >= 0.6 is 15.9 Å². The number of rotatable bonds is 1. The molecule has 1 aromatic rings. The zero-order valence-corrected chi connectivity index (χ0v) is 9.91. The van der Waals surface area contributed by atoms with Gasteiger partial charge in [0.15, 0.2) is 0 Å². The van der Waals surface area contributed by atoms with Gasteiger partial charge in [0.1, 0.15) is 5.82 Å². The second-order valence-corrected chi connectivity index (χ2v) is 4.98. The quantitative estimate of drug-likeness (QED) is 0.822. The first-order chi connectivity index (χ1) is 6.46. The van der Waals surface area contributed by atoms with Crippen molar-refractivity contribution in [3.63, 3.8) is 0 Å². The Kier molecular flexibility index (Phi) is 2.20. The van der Waals surface area contributed by atoms with Gasteiger partial charge < -0.3 is 5.73 Å². The molecule has 1 aliphatic rings. The third-order valence-electron chi connectivity index (χ3n) is 3.02. The molecule has 3 heteroatoms. The molecular weight excluding hydrogens is 245 g/mol. The average molecular weight is 258 g/mol. The molecule has 0 aromatic heterocycles. The van der Waals surface area contributed by atoms with Crippen molar-refractivity contribution in [2.24, 2.45) is 5.73 Å². The van der Waals surface area contributed by atoms with Gasteiger partial charge in [-0.1, -0.05) is 15.9 Å². The SMILES string of the molecule is Cc1c(Br)cc(C2(N)CC2)c(C)c1F. The molecule has 0 spiro atoms. The summed E-state index contributed by atoms with van der Waals surface area (Å²) in [6.45, 7) is 3.57. The van der Waals surface area contributed by atoms with E-state index in [9.17, 15) is 4.39 Å². The maximum atomic E-state index is 13.7. The van der Waals surface area contributed by atoms with Gasteiger partial charge >= 0.3 is 0 Å². The summed E-state index contributed by atoms with van der Waals surface area (Å²) in [6, 6.07) is 1.96. The lowest BCUT2D eigenvalue weighted by molar-refractivity contribution is 0.596. The third kappa shape index (κ3) is 1.39. The molecule has 1 fully saturated rings. The fourth-order valence-electron chi connectivity index (χ4n) is 1.77. The Morgan fingerprint density at radius 3 is 2.43 bits per heavy atom. The van der Waals surface area contributed by atoms with E-state index in [4.69, 9.17) is 5.73 Å². The maximum Gasteiger partial charge on any atom is 0.130 e. The minimum Gasteiger partial charge on any atom is -0.321 e. The van der Waals surface area contributed by atoms with Crippen LogP contribution in [0.3, 0.4) is 0 Å². The van der Waals surface area contributed by atoms with Gasteiger partial charge in [-0.3, -0.25) is 0 Å². The molecule has 1 aliphatic carbocycles. The molecule has 1 saturated carbocycles. The Balaban J connectivity index is 2.62. The molecule has 1 nitrogen and oxygen atoms in total. The van der Waals surface area contributed by atoms with E-state index in [1.165, 1.54) is 0 Å². The van der Waals surface area contributed by atoms with Crippen LogP contribution in [0.5, 0.6) is 0 Å². The van der Waals surface area contributed by atoms with Crippen molar-refractivity contribution in [2.45, 2.75) is 32.2 Å². The molecule has 0 unspecified atom stereocenters. The molecule has 0 atom stereocenters. The summed E-state index contributed by atoms with van der Waals surface area (Å²) in [4.78, 5) is 0. The van der Waals surface area contributed by atoms with Crippen LogP contribution in [0.1, 0.15) is 29.5 Å². The van der Waals surface area contributed by atoms with E-state index in [2.05, 4.69) is 15.9 Å². The summed E-state index contributed by atoms with van der Waals surface area (Å²) in [5, 5.41) is 0. The Morgan fingerprint density at radius 1 is 1.36 bits per heavy atom. The number of benzene rings is 1. The standard InChI is InChI=1S/C11H13BrFN/c1-6-8(11(14)3-4-11)5-9(12)7(2)10(6)13/h5H,3-4,14H2,1-2H3. The average Bonchev–Trinajstić information content (AvgIpc) is 2.87. The van der Waals surface area contributed by atoms with Crippen molar-refractivity contribution in [2.75, 3.05) is 0 Å². The molecule has 2 N–H and O–H groups in total. The molecule has 0 bridgehead atoms. The summed E-state index contributed by atoms with van der Waals surface area (Å²) in [5.74, 6) is -0.133. The molecule has 0 saturated heterocycles. The van der Waals surface area contributed by atoms with Crippen LogP contribution in [0.4, 0.5) is 4.39 Å². The highest BCUT2D eigenvalue weighted by Gasteiger charge is 2.41. The van der Waals surface area contributed by atoms with Gasteiger partial charge in [-0.05, 0) is 49.4 Å². The van der Waals surface area contributed by atoms with Gasteiger partial charge in [-0.15, -0.1) is 0 Å². The molecule has 2 rings (SSSR count). The zero-order chi connectivity index (χ0) is 10.5. The first-order valence-electron chi connectivity index (χ1n) is 4.70. The lowest BCUT2D eigenvalue weighted by Crippen LogP contribution is -2.21. The highest BCUT2D eigenvalue weighted by atomic mass is 79.9. The second kappa shape index (κ2) is 3.04. The van der Waals surface area contributed by atoms with Crippen molar-refractivity contribution >= 4 is 15.9 Å². The van der Waals surface area contributed by atoms with Gasteiger partial charge in [0.2, 0.25) is 0 Å². The highest BCUT2D eigenvalue weighted by molar-refractivity contribution is 9.10. The monoisotopic (exact) mass is 257 g/mol. The first kappa shape index (κ1) is 10.1. The van der Waals surface area contributed by atoms with Crippen LogP contribution in [-0.4, -0.2) is 0 Å². The van der Waals surface area contributed by atoms with E-state index in [0.29, 0.717) is 11.1 Å². The predicted octanol–water partition coefficient (Wildman–Crippen LogP) is 3.15. The van der Waals surface area contributed by atoms with Crippen molar-refractivity contribution < 1.29 is 4.39 Å². The third-order valence-corrected chi connectivity index (χ3v) is 3.84. The van der Waals surface area contributed by atoms with E-state index in [1.807, 2.05) is 6.07 Å². The topological polar surface area (TPSA) is 26.0 Å². The lowest BCUT2D eigenvalue weighted by atomic mass is 9.97. The Morgan fingerprint density at radius 2 is 1.93 bits per heavy atom. The van der Waals surface area contributed by atoms with Crippen molar-refractivity contribution in [1.29, 1.82) is 0 Å². The Hall–Kier alpha value is -0.410. The van der Waals surface area contributed by atoms with Gasteiger partial charge in [-0.2, -0.15) is 0 Å². The van der Waals surface area contributed by atoms with E-state index in [1.54, 1.807) is 13.8 Å². The summed E-state index contributed by atoms with van der Waals surface area (Å²) < 4.78 is 14.5. The molecule has 0 heterocycles. The second-order valence-electron chi connectivity index (χ2n) is 4.13. The molecule has 76 valence electrons. The molecule has 1 aromatic carbocycles. The van der Waals surface area contributed by atoms with Crippen LogP contribution in [0, 0.1) is 19.7 Å². The van der Waals surface area contributed by atoms with E-state index < -0.39 is 0 Å². The van der Waals surface area contributed by atoms with Crippen LogP contribution in [0.15, 0.2) is 10.5 Å². The normalized spacial score (nSPS) is 18.4. The lowest BCUT2D eigenvalue weighted by Gasteiger charge is -2.15. The summed E-state index contributed by atoms with van der Waals surface area (Å²) >= 11 is 3.36. The molecule has 0 aliphatic heterocycles. The van der Waals surface area contributed by atoms with Gasteiger partial charge in [0.05, 0.1) is 0 Å².